The van der Waals surface area contributed by atoms with Gasteiger partial charge in [0.15, 0.2) is 0 Å². The summed E-state index contributed by atoms with van der Waals surface area (Å²) in [6.45, 7) is 6.88. The quantitative estimate of drug-likeness (QED) is 0.780. The van der Waals surface area contributed by atoms with Crippen LogP contribution in [0.2, 0.25) is 0 Å². The average Bonchev–Trinajstić information content (AvgIpc) is 2.45. The SMILES string of the molecule is CC[C@@]1(C)C[C@](O)(CC[NH2+]Cc2ccccc2)CCO1. The van der Waals surface area contributed by atoms with Crippen LogP contribution < -0.4 is 5.32 Å². The standard InChI is InChI=1S/C17H27NO2/c1-3-16(2)14-17(19,10-12-20-16)9-11-18-13-15-7-5-4-6-8-15/h4-8,18-19H,3,9-14H2,1-2H3/p+1/t16-,17-/m0/s1. The first-order valence-electron chi connectivity index (χ1n) is 7.77. The van der Waals surface area contributed by atoms with E-state index in [1.807, 2.05) is 6.07 Å². The van der Waals surface area contributed by atoms with Gasteiger partial charge >= 0.3 is 0 Å². The highest BCUT2D eigenvalue weighted by Gasteiger charge is 2.40. The molecule has 0 spiro atoms. The van der Waals surface area contributed by atoms with Crippen molar-refractivity contribution in [3.05, 3.63) is 35.9 Å². The molecule has 20 heavy (non-hydrogen) atoms. The van der Waals surface area contributed by atoms with Gasteiger partial charge in [-0.1, -0.05) is 37.3 Å². The number of hydrogen-bond donors (Lipinski definition) is 2. The van der Waals surface area contributed by atoms with Crippen molar-refractivity contribution in [2.45, 2.75) is 57.3 Å². The van der Waals surface area contributed by atoms with Gasteiger partial charge in [-0.15, -0.1) is 0 Å². The van der Waals surface area contributed by atoms with E-state index in [4.69, 9.17) is 4.74 Å². The summed E-state index contributed by atoms with van der Waals surface area (Å²) in [4.78, 5) is 0. The van der Waals surface area contributed by atoms with Gasteiger partial charge in [-0.05, 0) is 19.8 Å². The molecule has 3 nitrogen and oxygen atoms in total. The minimum Gasteiger partial charge on any atom is -0.389 e. The fourth-order valence-corrected chi connectivity index (χ4v) is 3.02. The first-order chi connectivity index (χ1) is 9.55. The summed E-state index contributed by atoms with van der Waals surface area (Å²) < 4.78 is 5.82. The topological polar surface area (TPSA) is 46.1 Å². The molecule has 0 aliphatic carbocycles. The first kappa shape index (κ1) is 15.5. The maximum absolute atomic E-state index is 10.7. The molecule has 1 aromatic rings. The van der Waals surface area contributed by atoms with Crippen LogP contribution in [0.5, 0.6) is 0 Å². The van der Waals surface area contributed by atoms with E-state index in [2.05, 4.69) is 43.4 Å². The van der Waals surface area contributed by atoms with E-state index < -0.39 is 5.60 Å². The van der Waals surface area contributed by atoms with Gasteiger partial charge in [0.25, 0.3) is 0 Å². The number of ether oxygens (including phenoxy) is 1. The van der Waals surface area contributed by atoms with Gasteiger partial charge in [0.1, 0.15) is 6.54 Å². The van der Waals surface area contributed by atoms with E-state index >= 15 is 0 Å². The highest BCUT2D eigenvalue weighted by atomic mass is 16.5. The van der Waals surface area contributed by atoms with Crippen molar-refractivity contribution in [2.24, 2.45) is 0 Å². The average molecular weight is 278 g/mol. The predicted molar refractivity (Wildman–Crippen MR) is 80.4 cm³/mol. The molecule has 1 aliphatic heterocycles. The van der Waals surface area contributed by atoms with Crippen LogP contribution in [0, 0.1) is 0 Å². The lowest BCUT2D eigenvalue weighted by Crippen LogP contribution is -2.83. The second-order valence-corrected chi connectivity index (χ2v) is 6.32. The zero-order valence-corrected chi connectivity index (χ0v) is 12.8. The second-order valence-electron chi connectivity index (χ2n) is 6.32. The monoisotopic (exact) mass is 278 g/mol. The lowest BCUT2D eigenvalue weighted by Gasteiger charge is -2.42. The highest BCUT2D eigenvalue weighted by molar-refractivity contribution is 5.12. The molecule has 0 unspecified atom stereocenters. The summed E-state index contributed by atoms with van der Waals surface area (Å²) >= 11 is 0. The number of aliphatic hydroxyl groups is 1. The van der Waals surface area contributed by atoms with Crippen molar-refractivity contribution in [3.8, 4) is 0 Å². The molecular formula is C17H28NO2+. The van der Waals surface area contributed by atoms with Crippen molar-refractivity contribution >= 4 is 0 Å². The summed E-state index contributed by atoms with van der Waals surface area (Å²) in [5.41, 5.74) is 0.646. The summed E-state index contributed by atoms with van der Waals surface area (Å²) in [7, 11) is 0. The van der Waals surface area contributed by atoms with Crippen molar-refractivity contribution in [1.29, 1.82) is 0 Å². The van der Waals surface area contributed by atoms with Crippen molar-refractivity contribution in [2.75, 3.05) is 13.2 Å². The van der Waals surface area contributed by atoms with Gasteiger partial charge in [0.2, 0.25) is 0 Å². The van der Waals surface area contributed by atoms with Crippen LogP contribution in [0.4, 0.5) is 0 Å². The van der Waals surface area contributed by atoms with E-state index in [1.165, 1.54) is 5.56 Å². The van der Waals surface area contributed by atoms with Crippen LogP contribution in [0.25, 0.3) is 0 Å². The predicted octanol–water partition coefficient (Wildman–Crippen LogP) is 1.85. The molecule has 2 rings (SSSR count). The van der Waals surface area contributed by atoms with E-state index in [0.29, 0.717) is 6.61 Å². The lowest BCUT2D eigenvalue weighted by molar-refractivity contribution is -0.672. The van der Waals surface area contributed by atoms with Gasteiger partial charge in [0.05, 0.1) is 24.4 Å². The Morgan fingerprint density at radius 3 is 2.75 bits per heavy atom. The minimum absolute atomic E-state index is 0.146. The zero-order chi connectivity index (χ0) is 14.5. The van der Waals surface area contributed by atoms with Gasteiger partial charge in [-0.25, -0.2) is 0 Å². The van der Waals surface area contributed by atoms with Crippen LogP contribution in [0.1, 0.15) is 45.1 Å². The largest absolute Gasteiger partial charge is 0.389 e. The molecule has 112 valence electrons. The Morgan fingerprint density at radius 1 is 1.30 bits per heavy atom. The molecule has 3 N–H and O–H groups in total. The number of quaternary nitrogens is 1. The molecule has 0 bridgehead atoms. The second kappa shape index (κ2) is 6.70. The van der Waals surface area contributed by atoms with Gasteiger partial charge in [-0.3, -0.25) is 0 Å². The molecule has 1 aliphatic rings. The van der Waals surface area contributed by atoms with Crippen LogP contribution in [0.15, 0.2) is 30.3 Å². The summed E-state index contributed by atoms with van der Waals surface area (Å²) in [6, 6.07) is 10.5. The van der Waals surface area contributed by atoms with E-state index in [9.17, 15) is 5.11 Å². The van der Waals surface area contributed by atoms with Crippen LogP contribution in [-0.2, 0) is 11.3 Å². The molecule has 1 heterocycles. The molecule has 0 saturated carbocycles. The molecule has 1 saturated heterocycles. The smallest absolute Gasteiger partial charge is 0.101 e. The molecule has 1 fully saturated rings. The Hall–Kier alpha value is -0.900. The van der Waals surface area contributed by atoms with E-state index in [0.717, 1.165) is 38.8 Å². The summed E-state index contributed by atoms with van der Waals surface area (Å²) in [5, 5.41) is 13.0. The normalized spacial score (nSPS) is 30.4. The van der Waals surface area contributed by atoms with Crippen LogP contribution in [0.3, 0.4) is 0 Å². The number of hydrogen-bond acceptors (Lipinski definition) is 2. The van der Waals surface area contributed by atoms with Crippen LogP contribution >= 0.6 is 0 Å². The Kier molecular flexibility index (Phi) is 5.19. The fraction of sp³-hybridized carbons (Fsp3) is 0.647. The summed E-state index contributed by atoms with van der Waals surface area (Å²) in [5.74, 6) is 0. The third-order valence-corrected chi connectivity index (χ3v) is 4.51. The molecule has 0 radical (unpaired) electrons. The van der Waals surface area contributed by atoms with Crippen molar-refractivity contribution in [1.82, 2.24) is 0 Å². The highest BCUT2D eigenvalue weighted by Crippen LogP contribution is 2.35. The molecular weight excluding hydrogens is 250 g/mol. The van der Waals surface area contributed by atoms with Crippen LogP contribution in [-0.4, -0.2) is 29.5 Å². The van der Waals surface area contributed by atoms with E-state index in [1.54, 1.807) is 0 Å². The number of benzene rings is 1. The van der Waals surface area contributed by atoms with Crippen molar-refractivity contribution < 1.29 is 15.2 Å². The van der Waals surface area contributed by atoms with Gasteiger partial charge in [0, 0.05) is 18.4 Å². The number of nitrogens with two attached hydrogens (primary N) is 1. The zero-order valence-electron chi connectivity index (χ0n) is 12.8. The Morgan fingerprint density at radius 2 is 2.05 bits per heavy atom. The third-order valence-electron chi connectivity index (χ3n) is 4.51. The Balaban J connectivity index is 1.75. The summed E-state index contributed by atoms with van der Waals surface area (Å²) in [6.07, 6.45) is 3.33. The first-order valence-corrected chi connectivity index (χ1v) is 7.77. The minimum atomic E-state index is -0.545. The maximum Gasteiger partial charge on any atom is 0.101 e. The molecule has 2 atom stereocenters. The van der Waals surface area contributed by atoms with Crippen molar-refractivity contribution in [3.63, 3.8) is 0 Å². The molecule has 3 heteroatoms. The fourth-order valence-electron chi connectivity index (χ4n) is 3.02. The molecule has 0 aromatic heterocycles. The van der Waals surface area contributed by atoms with Gasteiger partial charge < -0.3 is 15.2 Å². The Labute approximate surface area is 122 Å². The number of rotatable bonds is 6. The van der Waals surface area contributed by atoms with E-state index in [-0.39, 0.29) is 5.60 Å². The maximum atomic E-state index is 10.7. The molecule has 1 aromatic carbocycles. The Bertz CT molecular complexity index is 409. The molecule has 0 amide bonds. The third kappa shape index (κ3) is 4.30. The van der Waals surface area contributed by atoms with Gasteiger partial charge in [-0.2, -0.15) is 0 Å². The lowest BCUT2D eigenvalue weighted by atomic mass is 9.80.